The largest absolute Gasteiger partial charge is 0.121 e. The van der Waals surface area contributed by atoms with Gasteiger partial charge in [-0.25, -0.2) is 0 Å². The van der Waals surface area contributed by atoms with E-state index in [1.165, 1.54) is 10.5 Å². The van der Waals surface area contributed by atoms with Crippen LogP contribution in [0.2, 0.25) is 0 Å². The van der Waals surface area contributed by atoms with Gasteiger partial charge < -0.3 is 0 Å². The molecule has 1 aromatic rings. The van der Waals surface area contributed by atoms with Crippen molar-refractivity contribution < 1.29 is 0 Å². The average molecular weight is 161 g/mol. The molecule has 0 bridgehead atoms. The maximum atomic E-state index is 2.22. The average Bonchev–Trinajstić information content (AvgIpc) is 2.28. The van der Waals surface area contributed by atoms with Crippen molar-refractivity contribution in [2.24, 2.45) is 0 Å². The lowest BCUT2D eigenvalue weighted by Gasteiger charge is -1.99. The van der Waals surface area contributed by atoms with Crippen LogP contribution >= 0.6 is 11.8 Å². The summed E-state index contributed by atoms with van der Waals surface area (Å²) in [4.78, 5) is 1.36. The van der Waals surface area contributed by atoms with Crippen LogP contribution in [0, 0.1) is 5.75 Å². The van der Waals surface area contributed by atoms with E-state index in [2.05, 4.69) is 42.2 Å². The van der Waals surface area contributed by atoms with Crippen molar-refractivity contribution in [3.05, 3.63) is 41.7 Å². The van der Waals surface area contributed by atoms with Gasteiger partial charge in [0.05, 0.1) is 0 Å². The fourth-order valence-electron chi connectivity index (χ4n) is 1.11. The monoisotopic (exact) mass is 161 g/mol. The Kier molecular flexibility index (Phi) is 1.99. The van der Waals surface area contributed by atoms with E-state index in [0.29, 0.717) is 0 Å². The van der Waals surface area contributed by atoms with Gasteiger partial charge >= 0.3 is 0 Å². The van der Waals surface area contributed by atoms with Crippen molar-refractivity contribution in [2.75, 3.05) is 0 Å². The van der Waals surface area contributed by atoms with E-state index in [1.807, 2.05) is 11.8 Å². The van der Waals surface area contributed by atoms with Crippen LogP contribution in [0.15, 0.2) is 35.2 Å². The van der Waals surface area contributed by atoms with E-state index in [4.69, 9.17) is 0 Å². The molecule has 1 radical (unpaired) electrons. The Morgan fingerprint density at radius 1 is 1.18 bits per heavy atom. The summed E-state index contributed by atoms with van der Waals surface area (Å²) in [6.07, 6.45) is 5.45. The molecule has 0 aliphatic carbocycles. The summed E-state index contributed by atoms with van der Waals surface area (Å²) in [6, 6.07) is 8.47. The quantitative estimate of drug-likeness (QED) is 0.562. The minimum atomic E-state index is 1.07. The first-order valence-corrected chi connectivity index (χ1v) is 4.59. The molecule has 0 fully saturated rings. The highest BCUT2D eigenvalue weighted by atomic mass is 32.2. The molecule has 0 nitrogen and oxygen atoms in total. The van der Waals surface area contributed by atoms with Crippen LogP contribution in [0.3, 0.4) is 0 Å². The van der Waals surface area contributed by atoms with Gasteiger partial charge in [-0.15, -0.1) is 11.8 Å². The number of fused-ring (bicyclic) bond motifs is 1. The predicted molar refractivity (Wildman–Crippen MR) is 50.3 cm³/mol. The molecule has 1 aliphatic rings. The van der Waals surface area contributed by atoms with Crippen molar-refractivity contribution in [1.82, 2.24) is 0 Å². The van der Waals surface area contributed by atoms with Crippen LogP contribution in [0.1, 0.15) is 12.0 Å². The maximum Gasteiger partial charge on any atom is 0.0255 e. The number of thioether (sulfide) groups is 1. The first-order chi connectivity index (χ1) is 5.47. The summed E-state index contributed by atoms with van der Waals surface area (Å²) < 4.78 is 0. The highest BCUT2D eigenvalue weighted by Crippen LogP contribution is 2.29. The molecule has 1 aliphatic heterocycles. The Bertz CT molecular complexity index is 276. The van der Waals surface area contributed by atoms with E-state index < -0.39 is 0 Å². The third kappa shape index (κ3) is 1.48. The summed E-state index contributed by atoms with van der Waals surface area (Å²) >= 11 is 1.82. The zero-order chi connectivity index (χ0) is 7.52. The third-order valence-electron chi connectivity index (χ3n) is 1.66. The number of hydrogen-bond acceptors (Lipinski definition) is 1. The number of hydrogen-bond donors (Lipinski definition) is 0. The maximum absolute atomic E-state index is 2.22. The molecule has 0 unspecified atom stereocenters. The van der Waals surface area contributed by atoms with Gasteiger partial charge in [0.15, 0.2) is 0 Å². The van der Waals surface area contributed by atoms with Gasteiger partial charge in [0.2, 0.25) is 0 Å². The minimum Gasteiger partial charge on any atom is -0.121 e. The molecule has 2 rings (SSSR count). The summed E-state index contributed by atoms with van der Waals surface area (Å²) in [5.74, 6) is 2.22. The highest BCUT2D eigenvalue weighted by molar-refractivity contribution is 8.01. The Morgan fingerprint density at radius 3 is 3.09 bits per heavy atom. The molecular formula is C10H9S. The highest BCUT2D eigenvalue weighted by Gasteiger charge is 2.01. The molecule has 0 saturated heterocycles. The summed E-state index contributed by atoms with van der Waals surface area (Å²) in [6.45, 7) is 0. The van der Waals surface area contributed by atoms with Crippen LogP contribution in [0.5, 0.6) is 0 Å². The molecule has 1 aromatic carbocycles. The van der Waals surface area contributed by atoms with Gasteiger partial charge in [-0.3, -0.25) is 0 Å². The zero-order valence-corrected chi connectivity index (χ0v) is 6.97. The van der Waals surface area contributed by atoms with Crippen molar-refractivity contribution in [1.29, 1.82) is 0 Å². The lowest BCUT2D eigenvalue weighted by Crippen LogP contribution is -1.74. The third-order valence-corrected chi connectivity index (χ3v) is 2.64. The second-order valence-electron chi connectivity index (χ2n) is 2.46. The number of rotatable bonds is 0. The number of benzene rings is 1. The molecule has 0 atom stereocenters. The molecule has 0 N–H and O–H groups in total. The molecule has 1 heterocycles. The molecular weight excluding hydrogens is 152 g/mol. The lowest BCUT2D eigenvalue weighted by molar-refractivity contribution is 1.39. The van der Waals surface area contributed by atoms with Crippen molar-refractivity contribution in [3.8, 4) is 0 Å². The molecule has 0 aromatic heterocycles. The Labute approximate surface area is 71.3 Å². The Balaban J connectivity index is 2.45. The van der Waals surface area contributed by atoms with E-state index in [-0.39, 0.29) is 0 Å². The van der Waals surface area contributed by atoms with Crippen LogP contribution < -0.4 is 0 Å². The van der Waals surface area contributed by atoms with Crippen molar-refractivity contribution in [2.45, 2.75) is 11.3 Å². The second kappa shape index (κ2) is 3.14. The molecule has 55 valence electrons. The fraction of sp³-hybridized carbons (Fsp3) is 0.100. The lowest BCUT2D eigenvalue weighted by atomic mass is 10.2. The van der Waals surface area contributed by atoms with Gasteiger partial charge in [-0.05, 0) is 18.1 Å². The van der Waals surface area contributed by atoms with E-state index in [9.17, 15) is 0 Å². The van der Waals surface area contributed by atoms with Gasteiger partial charge in [-0.1, -0.05) is 30.4 Å². The normalized spacial score (nSPS) is 15.6. The standard InChI is InChI=1S/C10H9S/c1-2-7-10-9(5-1)6-3-4-8-11-10/h1-3,5-8H,4H2. The predicted octanol–water partition coefficient (Wildman–Crippen LogP) is 3.36. The fourth-order valence-corrected chi connectivity index (χ4v) is 1.93. The molecule has 11 heavy (non-hydrogen) atoms. The van der Waals surface area contributed by atoms with Crippen LogP contribution in [-0.4, -0.2) is 0 Å². The SMILES string of the molecule is [CH]1CC=Cc2ccccc2S1. The molecule has 1 heteroatoms. The van der Waals surface area contributed by atoms with Gasteiger partial charge in [0.1, 0.15) is 0 Å². The Morgan fingerprint density at radius 2 is 2.09 bits per heavy atom. The second-order valence-corrected chi connectivity index (χ2v) is 3.47. The summed E-state index contributed by atoms with van der Waals surface area (Å²) in [7, 11) is 0. The van der Waals surface area contributed by atoms with Gasteiger partial charge in [0, 0.05) is 10.6 Å². The van der Waals surface area contributed by atoms with E-state index in [1.54, 1.807) is 0 Å². The first-order valence-electron chi connectivity index (χ1n) is 3.71. The topological polar surface area (TPSA) is 0 Å². The summed E-state index contributed by atoms with van der Waals surface area (Å²) in [5, 5.41) is 0. The molecule has 0 saturated carbocycles. The minimum absolute atomic E-state index is 1.07. The van der Waals surface area contributed by atoms with Gasteiger partial charge in [-0.2, -0.15) is 0 Å². The van der Waals surface area contributed by atoms with Crippen molar-refractivity contribution >= 4 is 17.8 Å². The number of allylic oxidation sites excluding steroid dienone is 1. The first kappa shape index (κ1) is 6.99. The van der Waals surface area contributed by atoms with Crippen LogP contribution in [-0.2, 0) is 0 Å². The Hall–Kier alpha value is -0.690. The van der Waals surface area contributed by atoms with Crippen LogP contribution in [0.4, 0.5) is 0 Å². The molecule has 0 spiro atoms. The van der Waals surface area contributed by atoms with Crippen LogP contribution in [0.25, 0.3) is 6.08 Å². The van der Waals surface area contributed by atoms with E-state index >= 15 is 0 Å². The molecule has 0 amide bonds. The van der Waals surface area contributed by atoms with E-state index in [0.717, 1.165) is 6.42 Å². The summed E-state index contributed by atoms with van der Waals surface area (Å²) in [5.41, 5.74) is 1.34. The smallest absolute Gasteiger partial charge is 0.0255 e. The van der Waals surface area contributed by atoms with Crippen molar-refractivity contribution in [3.63, 3.8) is 0 Å². The van der Waals surface area contributed by atoms with Gasteiger partial charge in [0.25, 0.3) is 0 Å². The zero-order valence-electron chi connectivity index (χ0n) is 6.16.